The van der Waals surface area contributed by atoms with E-state index in [4.69, 9.17) is 0 Å². The lowest BCUT2D eigenvalue weighted by Crippen LogP contribution is -2.38. The molecule has 2 fully saturated rings. The number of pyridine rings is 1. The Morgan fingerprint density at radius 1 is 1.15 bits per heavy atom. The lowest BCUT2D eigenvalue weighted by Gasteiger charge is -2.19. The number of imide groups is 1. The van der Waals surface area contributed by atoms with E-state index in [9.17, 15) is 14.4 Å². The lowest BCUT2D eigenvalue weighted by atomic mass is 9.81. The number of nitrogens with one attached hydrogen (secondary N) is 1. The van der Waals surface area contributed by atoms with Gasteiger partial charge in [0.05, 0.1) is 17.5 Å². The first-order valence-corrected chi connectivity index (χ1v) is 9.53. The number of fused-ring (bicyclic) bond motifs is 1. The van der Waals surface area contributed by atoms with Gasteiger partial charge in [-0.25, -0.2) is 4.98 Å². The van der Waals surface area contributed by atoms with E-state index in [0.717, 1.165) is 36.3 Å². The third-order valence-electron chi connectivity index (χ3n) is 4.91. The number of rotatable bonds is 4. The molecule has 134 valence electrons. The highest BCUT2D eigenvalue weighted by atomic mass is 32.1. The highest BCUT2D eigenvalue weighted by molar-refractivity contribution is 7.14. The van der Waals surface area contributed by atoms with Gasteiger partial charge in [-0.1, -0.05) is 18.9 Å². The molecule has 0 spiro atoms. The number of carbonyl (C=O) groups excluding carboxylic acids is 3. The van der Waals surface area contributed by atoms with Gasteiger partial charge in [0.2, 0.25) is 17.7 Å². The molecule has 2 aromatic rings. The van der Waals surface area contributed by atoms with Crippen LogP contribution in [-0.4, -0.2) is 39.1 Å². The second-order valence-electron chi connectivity index (χ2n) is 6.56. The summed E-state index contributed by atoms with van der Waals surface area (Å²) < 4.78 is 0. The molecule has 1 saturated heterocycles. The molecule has 8 heteroatoms. The van der Waals surface area contributed by atoms with Crippen molar-refractivity contribution in [2.75, 3.05) is 11.9 Å². The molecular weight excluding hydrogens is 352 g/mol. The van der Waals surface area contributed by atoms with E-state index in [2.05, 4.69) is 15.3 Å². The molecule has 1 aliphatic carbocycles. The maximum Gasteiger partial charge on any atom is 0.246 e. The van der Waals surface area contributed by atoms with Gasteiger partial charge in [0.15, 0.2) is 5.13 Å². The summed E-state index contributed by atoms with van der Waals surface area (Å²) in [4.78, 5) is 46.8. The van der Waals surface area contributed by atoms with E-state index in [1.165, 1.54) is 11.3 Å². The van der Waals surface area contributed by atoms with Gasteiger partial charge in [-0.3, -0.25) is 24.3 Å². The van der Waals surface area contributed by atoms with Crippen LogP contribution < -0.4 is 5.32 Å². The number of hydrogen-bond acceptors (Lipinski definition) is 6. The van der Waals surface area contributed by atoms with Crippen LogP contribution in [0.25, 0.3) is 11.4 Å². The summed E-state index contributed by atoms with van der Waals surface area (Å²) in [6.45, 7) is -0.247. The predicted octanol–water partition coefficient (Wildman–Crippen LogP) is 2.32. The van der Waals surface area contributed by atoms with Crippen molar-refractivity contribution >= 4 is 34.2 Å². The Balaban J connectivity index is 1.41. The van der Waals surface area contributed by atoms with Crippen LogP contribution in [0.2, 0.25) is 0 Å². The standard InChI is InChI=1S/C18H18N4O3S/c23-15(9-22-16(24)11-5-1-2-6-12(11)17(22)25)21-18-20-14(10-26-18)13-7-3-4-8-19-13/h3-4,7-8,10-12H,1-2,5-6,9H2,(H,20,21,23)/t11-,12+. The van der Waals surface area contributed by atoms with Gasteiger partial charge in [0, 0.05) is 11.6 Å². The second kappa shape index (κ2) is 6.95. The fraction of sp³-hybridized carbons (Fsp3) is 0.389. The largest absolute Gasteiger partial charge is 0.300 e. The van der Waals surface area contributed by atoms with E-state index in [0.29, 0.717) is 10.8 Å². The summed E-state index contributed by atoms with van der Waals surface area (Å²) in [7, 11) is 0. The quantitative estimate of drug-likeness (QED) is 0.834. The van der Waals surface area contributed by atoms with Gasteiger partial charge in [-0.05, 0) is 25.0 Å². The van der Waals surface area contributed by atoms with Crippen LogP contribution >= 0.6 is 11.3 Å². The molecule has 3 heterocycles. The molecule has 0 unspecified atom stereocenters. The number of aromatic nitrogens is 2. The third kappa shape index (κ3) is 3.12. The normalized spacial score (nSPS) is 22.4. The number of hydrogen-bond donors (Lipinski definition) is 1. The van der Waals surface area contributed by atoms with Crippen LogP contribution in [0.3, 0.4) is 0 Å². The van der Waals surface area contributed by atoms with Crippen molar-refractivity contribution in [3.8, 4) is 11.4 Å². The molecule has 1 saturated carbocycles. The third-order valence-corrected chi connectivity index (χ3v) is 5.67. The average molecular weight is 370 g/mol. The zero-order valence-electron chi connectivity index (χ0n) is 14.1. The Hall–Kier alpha value is -2.61. The summed E-state index contributed by atoms with van der Waals surface area (Å²) in [5.74, 6) is -1.29. The highest BCUT2D eigenvalue weighted by Gasteiger charge is 2.48. The second-order valence-corrected chi connectivity index (χ2v) is 7.42. The zero-order valence-corrected chi connectivity index (χ0v) is 14.9. The molecule has 2 atom stereocenters. The van der Waals surface area contributed by atoms with Gasteiger partial charge in [-0.15, -0.1) is 11.3 Å². The van der Waals surface area contributed by atoms with E-state index in [-0.39, 0.29) is 30.2 Å². The van der Waals surface area contributed by atoms with Gasteiger partial charge in [-0.2, -0.15) is 0 Å². The van der Waals surface area contributed by atoms with Crippen molar-refractivity contribution in [3.05, 3.63) is 29.8 Å². The Morgan fingerprint density at radius 3 is 2.54 bits per heavy atom. The number of nitrogens with zero attached hydrogens (tertiary/aromatic N) is 3. The molecule has 2 aliphatic rings. The van der Waals surface area contributed by atoms with Crippen molar-refractivity contribution in [1.29, 1.82) is 0 Å². The van der Waals surface area contributed by atoms with Crippen LogP contribution in [0, 0.1) is 11.8 Å². The average Bonchev–Trinajstić information content (AvgIpc) is 3.22. The highest BCUT2D eigenvalue weighted by Crippen LogP contribution is 2.37. The molecule has 26 heavy (non-hydrogen) atoms. The fourth-order valence-corrected chi connectivity index (χ4v) is 4.37. The summed E-state index contributed by atoms with van der Waals surface area (Å²) in [6, 6.07) is 5.52. The van der Waals surface area contributed by atoms with Crippen molar-refractivity contribution < 1.29 is 14.4 Å². The first-order chi connectivity index (χ1) is 12.6. The predicted molar refractivity (Wildman–Crippen MR) is 96.1 cm³/mol. The molecule has 0 bridgehead atoms. The number of anilines is 1. The van der Waals surface area contributed by atoms with Crippen LogP contribution in [-0.2, 0) is 14.4 Å². The Bertz CT molecular complexity index is 827. The maximum atomic E-state index is 12.4. The Labute approximate surface area is 154 Å². The van der Waals surface area contributed by atoms with Crippen molar-refractivity contribution in [3.63, 3.8) is 0 Å². The molecule has 2 aromatic heterocycles. The maximum absolute atomic E-state index is 12.4. The SMILES string of the molecule is O=C(CN1C(=O)[C@H]2CCCC[C@H]2C1=O)Nc1nc(-c2ccccn2)cs1. The Morgan fingerprint density at radius 2 is 1.88 bits per heavy atom. The number of amides is 3. The van der Waals surface area contributed by atoms with Crippen LogP contribution in [0.5, 0.6) is 0 Å². The minimum atomic E-state index is -0.410. The zero-order chi connectivity index (χ0) is 18.1. The first-order valence-electron chi connectivity index (χ1n) is 8.65. The smallest absolute Gasteiger partial charge is 0.246 e. The molecule has 1 aliphatic heterocycles. The fourth-order valence-electron chi connectivity index (χ4n) is 3.65. The van der Waals surface area contributed by atoms with Crippen molar-refractivity contribution in [1.82, 2.24) is 14.9 Å². The Kier molecular flexibility index (Phi) is 4.50. The van der Waals surface area contributed by atoms with Crippen LogP contribution in [0.15, 0.2) is 29.8 Å². The first kappa shape index (κ1) is 16.8. The van der Waals surface area contributed by atoms with Gasteiger partial charge < -0.3 is 5.32 Å². The summed E-state index contributed by atoms with van der Waals surface area (Å²) in [6.07, 6.45) is 5.10. The molecule has 0 aromatic carbocycles. The monoisotopic (exact) mass is 370 g/mol. The molecule has 7 nitrogen and oxygen atoms in total. The lowest BCUT2D eigenvalue weighted by molar-refractivity contribution is -0.142. The number of likely N-dealkylation sites (tertiary alicyclic amines) is 1. The van der Waals surface area contributed by atoms with Gasteiger partial charge in [0.1, 0.15) is 12.2 Å². The van der Waals surface area contributed by atoms with E-state index < -0.39 is 5.91 Å². The number of thiazole rings is 1. The van der Waals surface area contributed by atoms with Gasteiger partial charge in [0.25, 0.3) is 0 Å². The number of carbonyl (C=O) groups is 3. The molecular formula is C18H18N4O3S. The summed E-state index contributed by atoms with van der Waals surface area (Å²) in [5.41, 5.74) is 1.39. The molecule has 1 N–H and O–H groups in total. The molecule has 0 radical (unpaired) electrons. The van der Waals surface area contributed by atoms with Gasteiger partial charge >= 0.3 is 0 Å². The van der Waals surface area contributed by atoms with E-state index >= 15 is 0 Å². The van der Waals surface area contributed by atoms with Crippen LogP contribution in [0.4, 0.5) is 5.13 Å². The summed E-state index contributed by atoms with van der Waals surface area (Å²) >= 11 is 1.28. The molecule has 3 amide bonds. The van der Waals surface area contributed by atoms with E-state index in [1.807, 2.05) is 18.2 Å². The van der Waals surface area contributed by atoms with E-state index in [1.54, 1.807) is 11.6 Å². The minimum absolute atomic E-state index is 0.205. The van der Waals surface area contributed by atoms with Crippen LogP contribution in [0.1, 0.15) is 25.7 Å². The van der Waals surface area contributed by atoms with Crippen molar-refractivity contribution in [2.24, 2.45) is 11.8 Å². The topological polar surface area (TPSA) is 92.3 Å². The molecule has 4 rings (SSSR count). The summed E-state index contributed by atoms with van der Waals surface area (Å²) in [5, 5.41) is 4.90. The minimum Gasteiger partial charge on any atom is -0.300 e. The van der Waals surface area contributed by atoms with Crippen molar-refractivity contribution in [2.45, 2.75) is 25.7 Å².